The monoisotopic (exact) mass is 221 g/mol. The van der Waals surface area contributed by atoms with E-state index < -0.39 is 0 Å². The fraction of sp³-hybridized carbons (Fsp3) is 0.462. The van der Waals surface area contributed by atoms with Gasteiger partial charge in [-0.2, -0.15) is 0 Å². The van der Waals surface area contributed by atoms with Gasteiger partial charge in [-0.25, -0.2) is 0 Å². The first kappa shape index (κ1) is 12.7. The molecule has 0 atom stereocenters. The average molecular weight is 221 g/mol. The van der Waals surface area contributed by atoms with Crippen LogP contribution in [0, 0.1) is 6.92 Å². The zero-order valence-electron chi connectivity index (χ0n) is 10.2. The molecule has 3 nitrogen and oxygen atoms in total. The van der Waals surface area contributed by atoms with E-state index in [0.29, 0.717) is 6.54 Å². The third-order valence-corrected chi connectivity index (χ3v) is 2.42. The molecule has 1 N–H and O–H groups in total. The summed E-state index contributed by atoms with van der Waals surface area (Å²) in [7, 11) is 1.68. The second-order valence-corrected chi connectivity index (χ2v) is 3.93. The second kappa shape index (κ2) is 6.28. The van der Waals surface area contributed by atoms with Crippen molar-refractivity contribution in [3.05, 3.63) is 29.3 Å². The lowest BCUT2D eigenvalue weighted by Crippen LogP contribution is -2.23. The first-order chi connectivity index (χ1) is 7.63. The van der Waals surface area contributed by atoms with Crippen LogP contribution in [0.25, 0.3) is 0 Å². The van der Waals surface area contributed by atoms with Crippen molar-refractivity contribution in [2.45, 2.75) is 20.3 Å². The van der Waals surface area contributed by atoms with Crippen molar-refractivity contribution in [2.24, 2.45) is 0 Å². The van der Waals surface area contributed by atoms with Gasteiger partial charge in [0.1, 0.15) is 11.5 Å². The van der Waals surface area contributed by atoms with E-state index in [4.69, 9.17) is 4.74 Å². The summed E-state index contributed by atoms with van der Waals surface area (Å²) in [5.41, 5.74) is 2.40. The Morgan fingerprint density at radius 1 is 1.44 bits per heavy atom. The summed E-state index contributed by atoms with van der Waals surface area (Å²) in [4.78, 5) is 10.7. The highest BCUT2D eigenvalue weighted by Gasteiger charge is 2.00. The number of hydrogen-bond donors (Lipinski definition) is 1. The van der Waals surface area contributed by atoms with Gasteiger partial charge in [0, 0.05) is 0 Å². The summed E-state index contributed by atoms with van der Waals surface area (Å²) in [6.45, 7) is 4.90. The van der Waals surface area contributed by atoms with E-state index >= 15 is 0 Å². The number of Topliss-reactive ketones (excluding diaryl/α,β-unsaturated/α-hetero) is 1. The molecule has 0 aromatic heterocycles. The molecule has 0 aliphatic rings. The van der Waals surface area contributed by atoms with Crippen molar-refractivity contribution in [3.63, 3.8) is 0 Å². The van der Waals surface area contributed by atoms with Gasteiger partial charge >= 0.3 is 0 Å². The number of carbonyl (C=O) groups is 1. The van der Waals surface area contributed by atoms with Crippen LogP contribution in [0.2, 0.25) is 0 Å². The van der Waals surface area contributed by atoms with Gasteiger partial charge in [-0.1, -0.05) is 12.1 Å². The fourth-order valence-corrected chi connectivity index (χ4v) is 1.59. The largest absolute Gasteiger partial charge is 0.496 e. The molecule has 0 radical (unpaired) electrons. The number of ketones is 1. The molecule has 0 saturated carbocycles. The first-order valence-corrected chi connectivity index (χ1v) is 5.47. The van der Waals surface area contributed by atoms with E-state index in [2.05, 4.69) is 17.4 Å². The van der Waals surface area contributed by atoms with E-state index in [1.54, 1.807) is 14.0 Å². The van der Waals surface area contributed by atoms with Crippen LogP contribution in [0.3, 0.4) is 0 Å². The number of methoxy groups -OCH3 is 1. The molecular formula is C13H19NO2. The number of benzene rings is 1. The van der Waals surface area contributed by atoms with Gasteiger partial charge in [-0.3, -0.25) is 4.79 Å². The van der Waals surface area contributed by atoms with Gasteiger partial charge in [0.05, 0.1) is 13.7 Å². The molecule has 0 unspecified atom stereocenters. The van der Waals surface area contributed by atoms with Crippen LogP contribution in [0.4, 0.5) is 0 Å². The van der Waals surface area contributed by atoms with E-state index in [-0.39, 0.29) is 5.78 Å². The molecule has 0 aliphatic heterocycles. The molecule has 0 bridgehead atoms. The zero-order chi connectivity index (χ0) is 12.0. The molecule has 1 rings (SSSR count). The van der Waals surface area contributed by atoms with E-state index in [9.17, 15) is 4.79 Å². The Hall–Kier alpha value is -1.35. The van der Waals surface area contributed by atoms with Crippen LogP contribution in [0.1, 0.15) is 18.1 Å². The molecule has 0 amide bonds. The van der Waals surface area contributed by atoms with Crippen molar-refractivity contribution >= 4 is 5.78 Å². The molecule has 1 aromatic carbocycles. The summed E-state index contributed by atoms with van der Waals surface area (Å²) in [6, 6.07) is 6.16. The van der Waals surface area contributed by atoms with E-state index in [1.165, 1.54) is 5.56 Å². The van der Waals surface area contributed by atoms with Crippen LogP contribution in [0.15, 0.2) is 18.2 Å². The summed E-state index contributed by atoms with van der Waals surface area (Å²) in [6.07, 6.45) is 0.929. The second-order valence-electron chi connectivity index (χ2n) is 3.93. The summed E-state index contributed by atoms with van der Waals surface area (Å²) < 4.78 is 5.20. The van der Waals surface area contributed by atoms with Crippen molar-refractivity contribution < 1.29 is 9.53 Å². The molecule has 0 heterocycles. The molecule has 0 spiro atoms. The number of carbonyl (C=O) groups excluding carboxylic acids is 1. The Morgan fingerprint density at radius 3 is 2.75 bits per heavy atom. The van der Waals surface area contributed by atoms with Crippen molar-refractivity contribution in [1.82, 2.24) is 5.32 Å². The Morgan fingerprint density at radius 2 is 2.19 bits per heavy atom. The Balaban J connectivity index is 2.43. The van der Waals surface area contributed by atoms with Crippen molar-refractivity contribution in [2.75, 3.05) is 20.2 Å². The molecule has 16 heavy (non-hydrogen) atoms. The molecule has 0 aliphatic carbocycles. The Kier molecular flexibility index (Phi) is 4.99. The molecule has 1 aromatic rings. The highest BCUT2D eigenvalue weighted by atomic mass is 16.5. The van der Waals surface area contributed by atoms with Gasteiger partial charge in [0.15, 0.2) is 0 Å². The van der Waals surface area contributed by atoms with Gasteiger partial charge in [0.25, 0.3) is 0 Å². The molecule has 3 heteroatoms. The minimum Gasteiger partial charge on any atom is -0.496 e. The number of aryl methyl sites for hydroxylation is 1. The number of hydrogen-bond acceptors (Lipinski definition) is 3. The Labute approximate surface area is 96.8 Å². The highest BCUT2D eigenvalue weighted by molar-refractivity contribution is 5.77. The van der Waals surface area contributed by atoms with Crippen LogP contribution >= 0.6 is 0 Å². The third kappa shape index (κ3) is 4.03. The minimum atomic E-state index is 0.172. The molecule has 0 fully saturated rings. The van der Waals surface area contributed by atoms with Gasteiger partial charge in [-0.15, -0.1) is 0 Å². The lowest BCUT2D eigenvalue weighted by molar-refractivity contribution is -0.116. The third-order valence-electron chi connectivity index (χ3n) is 2.42. The maximum Gasteiger partial charge on any atom is 0.143 e. The predicted molar refractivity (Wildman–Crippen MR) is 65.0 cm³/mol. The maximum absolute atomic E-state index is 10.7. The minimum absolute atomic E-state index is 0.172. The SMILES string of the molecule is COc1ccc(CCNCC(C)=O)cc1C. The lowest BCUT2D eigenvalue weighted by atomic mass is 10.1. The van der Waals surface area contributed by atoms with Crippen LogP contribution < -0.4 is 10.1 Å². The normalized spacial score (nSPS) is 10.2. The van der Waals surface area contributed by atoms with Gasteiger partial charge < -0.3 is 10.1 Å². The molecule has 0 saturated heterocycles. The first-order valence-electron chi connectivity index (χ1n) is 5.47. The fourth-order valence-electron chi connectivity index (χ4n) is 1.59. The van der Waals surface area contributed by atoms with E-state index in [1.807, 2.05) is 13.0 Å². The maximum atomic E-state index is 10.7. The lowest BCUT2D eigenvalue weighted by Gasteiger charge is -2.07. The van der Waals surface area contributed by atoms with Gasteiger partial charge in [-0.05, 0) is 44.0 Å². The van der Waals surface area contributed by atoms with Crippen LogP contribution in [0.5, 0.6) is 5.75 Å². The predicted octanol–water partition coefficient (Wildman–Crippen LogP) is 1.72. The van der Waals surface area contributed by atoms with E-state index in [0.717, 1.165) is 24.3 Å². The molecular weight excluding hydrogens is 202 g/mol. The van der Waals surface area contributed by atoms with Crippen molar-refractivity contribution in [3.8, 4) is 5.75 Å². The average Bonchev–Trinajstić information content (AvgIpc) is 2.24. The van der Waals surface area contributed by atoms with Gasteiger partial charge in [0.2, 0.25) is 0 Å². The summed E-state index contributed by atoms with van der Waals surface area (Å²) in [5, 5.41) is 3.10. The summed E-state index contributed by atoms with van der Waals surface area (Å²) >= 11 is 0. The summed E-state index contributed by atoms with van der Waals surface area (Å²) in [5.74, 6) is 1.09. The standard InChI is InChI=1S/C13H19NO2/c1-10-8-12(4-5-13(10)16-3)6-7-14-9-11(2)15/h4-5,8,14H,6-7,9H2,1-3H3. The number of rotatable bonds is 6. The Bertz CT molecular complexity index is 361. The smallest absolute Gasteiger partial charge is 0.143 e. The molecule has 88 valence electrons. The quantitative estimate of drug-likeness (QED) is 0.743. The topological polar surface area (TPSA) is 38.3 Å². The highest BCUT2D eigenvalue weighted by Crippen LogP contribution is 2.18. The van der Waals surface area contributed by atoms with Crippen molar-refractivity contribution in [1.29, 1.82) is 0 Å². The zero-order valence-corrected chi connectivity index (χ0v) is 10.2. The number of nitrogens with one attached hydrogen (secondary N) is 1. The van der Waals surface area contributed by atoms with Crippen LogP contribution in [-0.2, 0) is 11.2 Å². The number of ether oxygens (including phenoxy) is 1. The van der Waals surface area contributed by atoms with Crippen LogP contribution in [-0.4, -0.2) is 26.0 Å².